The van der Waals surface area contributed by atoms with Crippen LogP contribution in [0.1, 0.15) is 17.5 Å². The van der Waals surface area contributed by atoms with Crippen LogP contribution in [-0.4, -0.2) is 19.8 Å². The predicted octanol–water partition coefficient (Wildman–Crippen LogP) is 3.14. The number of nitrogens with one attached hydrogen (secondary N) is 1. The van der Waals surface area contributed by atoms with Gasteiger partial charge in [0, 0.05) is 5.02 Å². The van der Waals surface area contributed by atoms with Crippen LogP contribution in [0.3, 0.4) is 0 Å². The van der Waals surface area contributed by atoms with Crippen LogP contribution in [0.25, 0.3) is 0 Å². The Hall–Kier alpha value is -0.600. The van der Waals surface area contributed by atoms with Crippen LogP contribution in [-0.2, 0) is 6.42 Å². The van der Waals surface area contributed by atoms with Crippen molar-refractivity contribution < 1.29 is 4.39 Å². The first-order valence-corrected chi connectivity index (χ1v) is 5.63. The van der Waals surface area contributed by atoms with Gasteiger partial charge in [-0.3, -0.25) is 4.39 Å². The highest BCUT2D eigenvalue weighted by atomic mass is 35.5. The molecule has 0 atom stereocenters. The van der Waals surface area contributed by atoms with Gasteiger partial charge in [0.05, 0.1) is 6.67 Å². The van der Waals surface area contributed by atoms with E-state index in [4.69, 9.17) is 11.6 Å². The molecule has 1 nitrogen and oxygen atoms in total. The third kappa shape index (κ3) is 4.63. The van der Waals surface area contributed by atoms with Gasteiger partial charge >= 0.3 is 0 Å². The van der Waals surface area contributed by atoms with Crippen molar-refractivity contribution in [3.05, 3.63) is 34.3 Å². The van der Waals surface area contributed by atoms with Crippen molar-refractivity contribution in [2.75, 3.05) is 19.8 Å². The molecule has 1 aromatic rings. The number of benzene rings is 1. The molecule has 0 bridgehead atoms. The fraction of sp³-hybridized carbons (Fsp3) is 0.500. The number of alkyl halides is 1. The summed E-state index contributed by atoms with van der Waals surface area (Å²) in [5.74, 6) is 0. The van der Waals surface area contributed by atoms with E-state index in [1.807, 2.05) is 19.1 Å². The number of hydrogen-bond donors (Lipinski definition) is 1. The number of halogens is 2. The molecule has 0 amide bonds. The zero-order chi connectivity index (χ0) is 11.1. The summed E-state index contributed by atoms with van der Waals surface area (Å²) in [6.07, 6.45) is 1.53. The average Bonchev–Trinajstić information content (AvgIpc) is 2.23. The molecular formula is C12H17ClFN. The first kappa shape index (κ1) is 12.5. The van der Waals surface area contributed by atoms with Crippen molar-refractivity contribution >= 4 is 11.6 Å². The Bertz CT molecular complexity index is 302. The minimum atomic E-state index is -0.247. The summed E-state index contributed by atoms with van der Waals surface area (Å²) < 4.78 is 11.8. The van der Waals surface area contributed by atoms with Crippen LogP contribution in [0.5, 0.6) is 0 Å². The first-order chi connectivity index (χ1) is 7.24. The van der Waals surface area contributed by atoms with Crippen LogP contribution < -0.4 is 5.32 Å². The third-order valence-corrected chi connectivity index (χ3v) is 2.72. The maximum absolute atomic E-state index is 11.8. The summed E-state index contributed by atoms with van der Waals surface area (Å²) in [7, 11) is 0. The van der Waals surface area contributed by atoms with E-state index in [9.17, 15) is 4.39 Å². The molecule has 1 N–H and O–H groups in total. The molecule has 3 heteroatoms. The summed E-state index contributed by atoms with van der Waals surface area (Å²) in [5.41, 5.74) is 2.32. The van der Waals surface area contributed by atoms with Crippen LogP contribution in [0, 0.1) is 6.92 Å². The molecule has 0 saturated heterocycles. The molecular weight excluding hydrogens is 213 g/mol. The molecule has 0 aliphatic rings. The molecule has 0 unspecified atom stereocenters. The molecule has 0 radical (unpaired) electrons. The van der Waals surface area contributed by atoms with E-state index in [2.05, 4.69) is 11.4 Å². The fourth-order valence-corrected chi connectivity index (χ4v) is 1.54. The number of aryl methyl sites for hydroxylation is 1. The molecule has 0 aliphatic heterocycles. The Kier molecular flexibility index (Phi) is 5.66. The van der Waals surface area contributed by atoms with Gasteiger partial charge in [-0.1, -0.05) is 23.7 Å². The summed E-state index contributed by atoms with van der Waals surface area (Å²) >= 11 is 6.01. The summed E-state index contributed by atoms with van der Waals surface area (Å²) in [5, 5.41) is 4.00. The second-order valence-corrected chi connectivity index (χ2v) is 4.03. The summed E-state index contributed by atoms with van der Waals surface area (Å²) in [6, 6.07) is 6.10. The van der Waals surface area contributed by atoms with E-state index in [-0.39, 0.29) is 6.67 Å². The highest BCUT2D eigenvalue weighted by Crippen LogP contribution is 2.16. The molecule has 0 spiro atoms. The van der Waals surface area contributed by atoms with Gasteiger partial charge in [0.15, 0.2) is 0 Å². The van der Waals surface area contributed by atoms with Gasteiger partial charge in [-0.25, -0.2) is 0 Å². The topological polar surface area (TPSA) is 12.0 Å². The molecule has 1 aromatic carbocycles. The average molecular weight is 230 g/mol. The highest BCUT2D eigenvalue weighted by Gasteiger charge is 1.97. The Balaban J connectivity index is 2.28. The monoisotopic (exact) mass is 229 g/mol. The second-order valence-electron chi connectivity index (χ2n) is 3.63. The summed E-state index contributed by atoms with van der Waals surface area (Å²) in [6.45, 7) is 3.37. The van der Waals surface area contributed by atoms with Gasteiger partial charge in [-0.05, 0) is 50.0 Å². The van der Waals surface area contributed by atoms with Gasteiger partial charge in [-0.2, -0.15) is 0 Å². The van der Waals surface area contributed by atoms with E-state index >= 15 is 0 Å². The van der Waals surface area contributed by atoms with Crippen molar-refractivity contribution in [1.29, 1.82) is 0 Å². The standard InChI is InChI=1S/C12H17ClFN/c1-10-3-4-11(9-12(10)13)5-8-15-7-2-6-14/h3-4,9,15H,2,5-8H2,1H3. The first-order valence-electron chi connectivity index (χ1n) is 5.25. The zero-order valence-corrected chi connectivity index (χ0v) is 9.78. The molecule has 0 aliphatic carbocycles. The molecule has 0 saturated carbocycles. The Labute approximate surface area is 95.6 Å². The van der Waals surface area contributed by atoms with E-state index in [0.29, 0.717) is 6.42 Å². The van der Waals surface area contributed by atoms with Crippen molar-refractivity contribution in [3.63, 3.8) is 0 Å². The largest absolute Gasteiger partial charge is 0.316 e. The van der Waals surface area contributed by atoms with Crippen molar-refractivity contribution in [2.24, 2.45) is 0 Å². The molecule has 84 valence electrons. The Morgan fingerprint density at radius 2 is 2.13 bits per heavy atom. The molecule has 1 rings (SSSR count). The fourth-order valence-electron chi connectivity index (χ4n) is 1.34. The van der Waals surface area contributed by atoms with Gasteiger partial charge in [0.1, 0.15) is 0 Å². The Morgan fingerprint density at radius 1 is 1.33 bits per heavy atom. The van der Waals surface area contributed by atoms with Gasteiger partial charge in [-0.15, -0.1) is 0 Å². The molecule has 0 fully saturated rings. The lowest BCUT2D eigenvalue weighted by Crippen LogP contribution is -2.18. The number of rotatable bonds is 6. The third-order valence-electron chi connectivity index (χ3n) is 2.31. The van der Waals surface area contributed by atoms with Gasteiger partial charge in [0.25, 0.3) is 0 Å². The normalized spacial score (nSPS) is 10.6. The van der Waals surface area contributed by atoms with E-state index in [1.54, 1.807) is 0 Å². The van der Waals surface area contributed by atoms with Gasteiger partial charge in [0.2, 0.25) is 0 Å². The van der Waals surface area contributed by atoms with E-state index in [1.165, 1.54) is 5.56 Å². The minimum Gasteiger partial charge on any atom is -0.316 e. The maximum Gasteiger partial charge on any atom is 0.0906 e. The van der Waals surface area contributed by atoms with Crippen molar-refractivity contribution in [3.8, 4) is 0 Å². The van der Waals surface area contributed by atoms with Crippen LogP contribution in [0.4, 0.5) is 4.39 Å². The SMILES string of the molecule is Cc1ccc(CCNCCCF)cc1Cl. The lowest BCUT2D eigenvalue weighted by atomic mass is 10.1. The van der Waals surface area contributed by atoms with E-state index < -0.39 is 0 Å². The van der Waals surface area contributed by atoms with Crippen LogP contribution in [0.15, 0.2) is 18.2 Å². The van der Waals surface area contributed by atoms with Gasteiger partial charge < -0.3 is 5.32 Å². The minimum absolute atomic E-state index is 0.247. The van der Waals surface area contributed by atoms with Crippen molar-refractivity contribution in [1.82, 2.24) is 5.32 Å². The quantitative estimate of drug-likeness (QED) is 0.739. The molecule has 0 heterocycles. The smallest absolute Gasteiger partial charge is 0.0906 e. The summed E-state index contributed by atoms with van der Waals surface area (Å²) in [4.78, 5) is 0. The second kappa shape index (κ2) is 6.81. The lowest BCUT2D eigenvalue weighted by molar-refractivity contribution is 0.460. The highest BCUT2D eigenvalue weighted by molar-refractivity contribution is 6.31. The lowest BCUT2D eigenvalue weighted by Gasteiger charge is -2.05. The maximum atomic E-state index is 11.8. The van der Waals surface area contributed by atoms with Crippen LogP contribution in [0.2, 0.25) is 5.02 Å². The Morgan fingerprint density at radius 3 is 2.80 bits per heavy atom. The van der Waals surface area contributed by atoms with E-state index in [0.717, 1.165) is 30.1 Å². The zero-order valence-electron chi connectivity index (χ0n) is 9.02. The molecule has 0 aromatic heterocycles. The van der Waals surface area contributed by atoms with Crippen molar-refractivity contribution in [2.45, 2.75) is 19.8 Å². The predicted molar refractivity (Wildman–Crippen MR) is 63.4 cm³/mol. The number of hydrogen-bond acceptors (Lipinski definition) is 1. The van der Waals surface area contributed by atoms with Crippen LogP contribution >= 0.6 is 11.6 Å². The molecule has 15 heavy (non-hydrogen) atoms.